The van der Waals surface area contributed by atoms with Crippen molar-refractivity contribution in [2.24, 2.45) is 17.8 Å². The number of allylic oxidation sites excluding steroid dienone is 1. The van der Waals surface area contributed by atoms with Gasteiger partial charge >= 0.3 is 0 Å². The molecule has 1 N–H and O–H groups in total. The van der Waals surface area contributed by atoms with Crippen LogP contribution in [0.3, 0.4) is 0 Å². The number of methoxy groups -OCH3 is 1. The van der Waals surface area contributed by atoms with Crippen LogP contribution in [0.25, 0.3) is 6.08 Å². The molecule has 2 aliphatic carbocycles. The van der Waals surface area contributed by atoms with Gasteiger partial charge in [0, 0.05) is 24.6 Å². The van der Waals surface area contributed by atoms with Crippen molar-refractivity contribution in [1.82, 2.24) is 4.90 Å². The summed E-state index contributed by atoms with van der Waals surface area (Å²) in [5, 5.41) is 10.1. The molecule has 6 nitrogen and oxygen atoms in total. The highest BCUT2D eigenvalue weighted by Gasteiger charge is 2.58. The van der Waals surface area contributed by atoms with Crippen molar-refractivity contribution in [3.05, 3.63) is 46.5 Å². The number of benzene rings is 1. The van der Waals surface area contributed by atoms with E-state index in [4.69, 9.17) is 9.47 Å². The molecule has 6 heteroatoms. The van der Waals surface area contributed by atoms with Crippen molar-refractivity contribution in [2.75, 3.05) is 20.3 Å². The molecule has 2 saturated heterocycles. The fraction of sp³-hybridized carbons (Fsp3) is 0.586. The van der Waals surface area contributed by atoms with E-state index in [1.807, 2.05) is 24.3 Å². The minimum absolute atomic E-state index is 0.0311. The maximum Gasteiger partial charge on any atom is 0.234 e. The van der Waals surface area contributed by atoms with Crippen LogP contribution >= 0.6 is 0 Å². The topological polar surface area (TPSA) is 76.1 Å². The lowest BCUT2D eigenvalue weighted by Gasteiger charge is -2.31. The SMILES string of the molecule is COCC1=C2[C@@H](CC/C(C)=C/c3ccccc3O)OC[C@@H]2[C@@H]2C(=O)N(C3CCCCC3)C(=O)[C@@H]2C1. The third-order valence-electron chi connectivity index (χ3n) is 8.44. The van der Waals surface area contributed by atoms with Crippen molar-refractivity contribution in [3.8, 4) is 5.75 Å². The summed E-state index contributed by atoms with van der Waals surface area (Å²) in [6.07, 6.45) is 9.45. The monoisotopic (exact) mass is 479 g/mol. The number of phenols is 1. The molecule has 0 spiro atoms. The van der Waals surface area contributed by atoms with Gasteiger partial charge in [-0.1, -0.05) is 49.1 Å². The number of nitrogens with zero attached hydrogens (tertiary/aromatic N) is 1. The van der Waals surface area contributed by atoms with Crippen LogP contribution in [0.1, 0.15) is 63.9 Å². The molecule has 0 bridgehead atoms. The Kier molecular flexibility index (Phi) is 7.12. The van der Waals surface area contributed by atoms with Gasteiger partial charge in [-0.25, -0.2) is 0 Å². The number of hydrogen-bond acceptors (Lipinski definition) is 5. The first-order valence-electron chi connectivity index (χ1n) is 13.1. The molecule has 188 valence electrons. The molecular weight excluding hydrogens is 442 g/mol. The van der Waals surface area contributed by atoms with E-state index in [1.54, 1.807) is 18.1 Å². The Morgan fingerprint density at radius 3 is 2.66 bits per heavy atom. The number of carbonyl (C=O) groups is 2. The number of imide groups is 1. The van der Waals surface area contributed by atoms with Crippen LogP contribution in [-0.2, 0) is 19.1 Å². The molecular formula is C29H37NO5. The van der Waals surface area contributed by atoms with Gasteiger partial charge in [0.2, 0.25) is 11.8 Å². The molecule has 0 radical (unpaired) electrons. The lowest BCUT2D eigenvalue weighted by Crippen LogP contribution is -2.42. The van der Waals surface area contributed by atoms with E-state index in [0.29, 0.717) is 19.6 Å². The molecule has 4 aliphatic rings. The lowest BCUT2D eigenvalue weighted by atomic mass is 9.69. The number of fused-ring (bicyclic) bond motifs is 3. The first-order valence-corrected chi connectivity index (χ1v) is 13.1. The lowest BCUT2D eigenvalue weighted by molar-refractivity contribution is -0.143. The highest BCUT2D eigenvalue weighted by atomic mass is 16.5. The quantitative estimate of drug-likeness (QED) is 0.446. The second-order valence-electron chi connectivity index (χ2n) is 10.7. The van der Waals surface area contributed by atoms with Crippen LogP contribution in [0.5, 0.6) is 5.75 Å². The second-order valence-corrected chi connectivity index (χ2v) is 10.7. The summed E-state index contributed by atoms with van der Waals surface area (Å²) in [5.74, 6) is -0.248. The summed E-state index contributed by atoms with van der Waals surface area (Å²) >= 11 is 0. The molecule has 1 aromatic carbocycles. The molecule has 4 atom stereocenters. The van der Waals surface area contributed by atoms with Gasteiger partial charge in [-0.3, -0.25) is 14.5 Å². The van der Waals surface area contributed by atoms with E-state index < -0.39 is 0 Å². The zero-order valence-corrected chi connectivity index (χ0v) is 20.9. The number of rotatable bonds is 7. The van der Waals surface area contributed by atoms with E-state index in [-0.39, 0.29) is 47.5 Å². The van der Waals surface area contributed by atoms with Gasteiger partial charge in [0.25, 0.3) is 0 Å². The Balaban J connectivity index is 1.34. The van der Waals surface area contributed by atoms with Crippen molar-refractivity contribution < 1.29 is 24.2 Å². The van der Waals surface area contributed by atoms with Crippen molar-refractivity contribution in [1.29, 1.82) is 0 Å². The van der Waals surface area contributed by atoms with Gasteiger partial charge in [-0.2, -0.15) is 0 Å². The number of para-hydroxylation sites is 1. The number of ether oxygens (including phenoxy) is 2. The average Bonchev–Trinajstić information content (AvgIpc) is 3.39. The summed E-state index contributed by atoms with van der Waals surface area (Å²) in [5.41, 5.74) is 4.33. The number of aromatic hydroxyl groups is 1. The Bertz CT molecular complexity index is 1040. The number of hydrogen-bond donors (Lipinski definition) is 1. The van der Waals surface area contributed by atoms with Crippen LogP contribution in [0.4, 0.5) is 0 Å². The summed E-state index contributed by atoms with van der Waals surface area (Å²) in [6.45, 7) is 3.04. The molecule has 35 heavy (non-hydrogen) atoms. The predicted molar refractivity (Wildman–Crippen MR) is 133 cm³/mol. The average molecular weight is 480 g/mol. The number of amides is 2. The van der Waals surface area contributed by atoms with Crippen molar-refractivity contribution in [2.45, 2.75) is 70.4 Å². The maximum atomic E-state index is 13.6. The fourth-order valence-electron chi connectivity index (χ4n) is 6.81. The molecule has 0 unspecified atom stereocenters. The number of phenolic OH excluding ortho intramolecular Hbond substituents is 1. The normalized spacial score (nSPS) is 29.7. The molecule has 1 saturated carbocycles. The Morgan fingerprint density at radius 1 is 1.14 bits per heavy atom. The van der Waals surface area contributed by atoms with E-state index in [1.165, 1.54) is 12.0 Å². The third kappa shape index (κ3) is 4.58. The highest BCUT2D eigenvalue weighted by Crippen LogP contribution is 2.50. The van der Waals surface area contributed by atoms with Crippen LogP contribution in [0, 0.1) is 17.8 Å². The molecule has 2 heterocycles. The number of likely N-dealkylation sites (tertiary alicyclic amines) is 1. The van der Waals surface area contributed by atoms with Gasteiger partial charge in [-0.05, 0) is 56.2 Å². The standard InChI is InChI=1S/C29H37NO5/c1-18(14-19-8-6-7-11-24(19)31)12-13-25-26-20(16-34-2)15-22-27(23(26)17-35-25)29(33)30(28(22)32)21-9-4-3-5-10-21/h6-8,11,14,21-23,25,27,31H,3-5,9-10,12-13,15-17H2,1-2H3/b18-14+/t22-,23+,25-,27-/m1/s1. The second kappa shape index (κ2) is 10.3. The first kappa shape index (κ1) is 24.3. The third-order valence-corrected chi connectivity index (χ3v) is 8.44. The summed E-state index contributed by atoms with van der Waals surface area (Å²) in [6, 6.07) is 7.41. The van der Waals surface area contributed by atoms with Crippen LogP contribution < -0.4 is 0 Å². The summed E-state index contributed by atoms with van der Waals surface area (Å²) < 4.78 is 11.8. The van der Waals surface area contributed by atoms with Gasteiger partial charge in [0.05, 0.1) is 31.2 Å². The molecule has 3 fully saturated rings. The first-order chi connectivity index (χ1) is 17.0. The van der Waals surface area contributed by atoms with Gasteiger partial charge in [0.1, 0.15) is 5.75 Å². The Morgan fingerprint density at radius 2 is 1.91 bits per heavy atom. The number of carbonyl (C=O) groups excluding carboxylic acids is 2. The largest absolute Gasteiger partial charge is 0.507 e. The maximum absolute atomic E-state index is 13.6. The minimum atomic E-state index is -0.289. The fourth-order valence-corrected chi connectivity index (χ4v) is 6.81. The molecule has 0 aromatic heterocycles. The van der Waals surface area contributed by atoms with E-state index in [2.05, 4.69) is 6.92 Å². The van der Waals surface area contributed by atoms with Crippen LogP contribution in [0.2, 0.25) is 0 Å². The predicted octanol–water partition coefficient (Wildman–Crippen LogP) is 4.87. The van der Waals surface area contributed by atoms with E-state index in [9.17, 15) is 14.7 Å². The van der Waals surface area contributed by atoms with E-state index >= 15 is 0 Å². The van der Waals surface area contributed by atoms with Gasteiger partial charge in [-0.15, -0.1) is 0 Å². The highest BCUT2D eigenvalue weighted by molar-refractivity contribution is 6.06. The van der Waals surface area contributed by atoms with Crippen molar-refractivity contribution in [3.63, 3.8) is 0 Å². The molecule has 2 aliphatic heterocycles. The zero-order valence-electron chi connectivity index (χ0n) is 20.9. The molecule has 5 rings (SSSR count). The Hall–Kier alpha value is -2.44. The van der Waals surface area contributed by atoms with E-state index in [0.717, 1.165) is 55.2 Å². The zero-order chi connectivity index (χ0) is 24.5. The Labute approximate surface area is 208 Å². The summed E-state index contributed by atoms with van der Waals surface area (Å²) in [4.78, 5) is 28.7. The van der Waals surface area contributed by atoms with Crippen molar-refractivity contribution >= 4 is 17.9 Å². The van der Waals surface area contributed by atoms with Crippen LogP contribution in [-0.4, -0.2) is 54.3 Å². The van der Waals surface area contributed by atoms with Gasteiger partial charge < -0.3 is 14.6 Å². The van der Waals surface area contributed by atoms with Gasteiger partial charge in [0.15, 0.2) is 0 Å². The summed E-state index contributed by atoms with van der Waals surface area (Å²) in [7, 11) is 1.69. The van der Waals surface area contributed by atoms with Crippen LogP contribution in [0.15, 0.2) is 41.0 Å². The molecule has 1 aromatic rings. The minimum Gasteiger partial charge on any atom is -0.507 e. The smallest absolute Gasteiger partial charge is 0.234 e. The molecule has 2 amide bonds.